The molecule has 1 fully saturated rings. The van der Waals surface area contributed by atoms with Crippen LogP contribution in [-0.2, 0) is 19.9 Å². The van der Waals surface area contributed by atoms with Crippen LogP contribution in [-0.4, -0.2) is 55.4 Å². The average Bonchev–Trinajstić information content (AvgIpc) is 2.84. The molecule has 0 unspecified atom stereocenters. The first kappa shape index (κ1) is 19.2. The molecule has 0 aliphatic carbocycles. The number of amides is 5. The van der Waals surface area contributed by atoms with Crippen LogP contribution in [0.15, 0.2) is 24.3 Å². The minimum atomic E-state index is -1.30. The third-order valence-electron chi connectivity index (χ3n) is 4.04. The predicted octanol–water partition coefficient (Wildman–Crippen LogP) is -0.285. The van der Waals surface area contributed by atoms with Gasteiger partial charge < -0.3 is 20.7 Å². The number of hydrogen-bond donors (Lipinski definition) is 3. The second-order valence-electron chi connectivity index (χ2n) is 5.91. The molecule has 1 saturated heterocycles. The summed E-state index contributed by atoms with van der Waals surface area (Å²) in [6.07, 6.45) is 0. The summed E-state index contributed by atoms with van der Waals surface area (Å²) in [7, 11) is 1.50. The van der Waals surface area contributed by atoms with E-state index < -0.39 is 29.9 Å². The topological polar surface area (TPSA) is 117 Å². The van der Waals surface area contributed by atoms with E-state index in [0.717, 1.165) is 4.90 Å². The lowest BCUT2D eigenvalue weighted by molar-refractivity contribution is -0.135. The quantitative estimate of drug-likeness (QED) is 0.577. The number of methoxy groups -OCH3 is 1. The van der Waals surface area contributed by atoms with Gasteiger partial charge in [0.05, 0.1) is 13.7 Å². The molecule has 1 aliphatic heterocycles. The Morgan fingerprint density at radius 3 is 2.62 bits per heavy atom. The molecule has 0 radical (unpaired) electrons. The lowest BCUT2D eigenvalue weighted by Crippen LogP contribution is -2.45. The number of rotatable bonds is 7. The van der Waals surface area contributed by atoms with E-state index in [9.17, 15) is 19.2 Å². The molecule has 2 rings (SSSR count). The minimum absolute atomic E-state index is 0.219. The summed E-state index contributed by atoms with van der Waals surface area (Å²) in [5.41, 5.74) is -0.758. The van der Waals surface area contributed by atoms with E-state index in [-0.39, 0.29) is 12.5 Å². The highest BCUT2D eigenvalue weighted by atomic mass is 16.5. The number of nitrogens with one attached hydrogen (secondary N) is 3. The maximum atomic E-state index is 12.8. The van der Waals surface area contributed by atoms with Crippen LogP contribution in [0.2, 0.25) is 0 Å². The molecule has 9 heteroatoms. The fraction of sp³-hybridized carbons (Fsp3) is 0.412. The highest BCUT2D eigenvalue weighted by Crippen LogP contribution is 2.30. The number of hydrogen-bond acceptors (Lipinski definition) is 5. The van der Waals surface area contributed by atoms with Crippen molar-refractivity contribution in [2.24, 2.45) is 0 Å². The lowest BCUT2D eigenvalue weighted by atomic mass is 9.92. The van der Waals surface area contributed by atoms with E-state index in [0.29, 0.717) is 17.9 Å². The molecule has 3 N–H and O–H groups in total. The first-order valence-corrected chi connectivity index (χ1v) is 8.13. The van der Waals surface area contributed by atoms with Gasteiger partial charge in [0.15, 0.2) is 0 Å². The zero-order valence-corrected chi connectivity index (χ0v) is 14.9. The van der Waals surface area contributed by atoms with Crippen LogP contribution in [0.25, 0.3) is 0 Å². The number of nitrogens with zero attached hydrogens (tertiary/aromatic N) is 1. The van der Waals surface area contributed by atoms with E-state index >= 15 is 0 Å². The molecular formula is C17H22N4O5. The predicted molar refractivity (Wildman–Crippen MR) is 92.3 cm³/mol. The lowest BCUT2D eigenvalue weighted by Gasteiger charge is -2.22. The number of urea groups is 1. The van der Waals surface area contributed by atoms with Gasteiger partial charge in [-0.3, -0.25) is 19.3 Å². The Morgan fingerprint density at radius 1 is 1.23 bits per heavy atom. The second kappa shape index (κ2) is 7.85. The van der Waals surface area contributed by atoms with Gasteiger partial charge in [-0.2, -0.15) is 0 Å². The Hall–Kier alpha value is -3.10. The smallest absolute Gasteiger partial charge is 0.325 e. The van der Waals surface area contributed by atoms with Crippen LogP contribution in [0.1, 0.15) is 19.4 Å². The van der Waals surface area contributed by atoms with Crippen LogP contribution in [0.4, 0.5) is 4.79 Å². The number of benzene rings is 1. The van der Waals surface area contributed by atoms with Crippen molar-refractivity contribution in [2.45, 2.75) is 19.4 Å². The molecule has 5 amide bonds. The van der Waals surface area contributed by atoms with Crippen molar-refractivity contribution in [1.29, 1.82) is 0 Å². The van der Waals surface area contributed by atoms with Crippen molar-refractivity contribution in [3.63, 3.8) is 0 Å². The SMILES string of the molecule is CCNC(=O)CNC(=O)CN1C(=O)N[C@](C)(c2cccc(OC)c2)C1=O. The van der Waals surface area contributed by atoms with E-state index in [1.807, 2.05) is 0 Å². The molecule has 0 aromatic heterocycles. The molecule has 140 valence electrons. The fourth-order valence-corrected chi connectivity index (χ4v) is 2.61. The van der Waals surface area contributed by atoms with Gasteiger partial charge in [-0.25, -0.2) is 4.79 Å². The molecule has 0 bridgehead atoms. The van der Waals surface area contributed by atoms with Gasteiger partial charge in [0.2, 0.25) is 11.8 Å². The molecule has 1 aromatic rings. The Balaban J connectivity index is 2.08. The van der Waals surface area contributed by atoms with Crippen LogP contribution >= 0.6 is 0 Å². The van der Waals surface area contributed by atoms with Gasteiger partial charge >= 0.3 is 6.03 Å². The van der Waals surface area contributed by atoms with Gasteiger partial charge in [0, 0.05) is 6.54 Å². The second-order valence-corrected chi connectivity index (χ2v) is 5.91. The van der Waals surface area contributed by atoms with Crippen LogP contribution in [0, 0.1) is 0 Å². The fourth-order valence-electron chi connectivity index (χ4n) is 2.61. The summed E-state index contributed by atoms with van der Waals surface area (Å²) >= 11 is 0. The molecule has 1 aromatic carbocycles. The maximum Gasteiger partial charge on any atom is 0.325 e. The summed E-state index contributed by atoms with van der Waals surface area (Å²) in [5.74, 6) is -0.957. The molecule has 9 nitrogen and oxygen atoms in total. The number of imide groups is 1. The summed E-state index contributed by atoms with van der Waals surface area (Å²) < 4.78 is 5.15. The van der Waals surface area contributed by atoms with Crippen molar-refractivity contribution in [1.82, 2.24) is 20.9 Å². The van der Waals surface area contributed by atoms with Crippen molar-refractivity contribution < 1.29 is 23.9 Å². The first-order chi connectivity index (χ1) is 12.3. The monoisotopic (exact) mass is 362 g/mol. The third-order valence-corrected chi connectivity index (χ3v) is 4.04. The normalized spacial score (nSPS) is 19.1. The number of ether oxygens (including phenoxy) is 1. The third kappa shape index (κ3) is 3.93. The number of carbonyl (C=O) groups excluding carboxylic acids is 4. The molecule has 0 spiro atoms. The Bertz CT molecular complexity index is 736. The van der Waals surface area contributed by atoms with Crippen molar-refractivity contribution >= 4 is 23.8 Å². The highest BCUT2D eigenvalue weighted by Gasteiger charge is 2.49. The van der Waals surface area contributed by atoms with Crippen molar-refractivity contribution in [2.75, 3.05) is 26.7 Å². The van der Waals surface area contributed by atoms with Crippen molar-refractivity contribution in [3.05, 3.63) is 29.8 Å². The Morgan fingerprint density at radius 2 is 1.96 bits per heavy atom. The average molecular weight is 362 g/mol. The molecule has 0 saturated carbocycles. The van der Waals surface area contributed by atoms with Crippen LogP contribution < -0.4 is 20.7 Å². The largest absolute Gasteiger partial charge is 0.497 e. The summed E-state index contributed by atoms with van der Waals surface area (Å²) in [5, 5.41) is 7.52. The van der Waals surface area contributed by atoms with Gasteiger partial charge in [0.25, 0.3) is 5.91 Å². The standard InChI is InChI=1S/C17H22N4O5/c1-4-18-13(22)9-19-14(23)10-21-15(24)17(2,20-16(21)25)11-6-5-7-12(8-11)26-3/h5-8H,4,9-10H2,1-3H3,(H,18,22)(H,19,23)(H,20,25)/t17-/m1/s1. The van der Waals surface area contributed by atoms with Gasteiger partial charge in [-0.1, -0.05) is 12.1 Å². The summed E-state index contributed by atoms with van der Waals surface area (Å²) in [4.78, 5) is 49.1. The zero-order valence-electron chi connectivity index (χ0n) is 14.9. The zero-order chi connectivity index (χ0) is 19.3. The number of likely N-dealkylation sites (N-methyl/N-ethyl adjacent to an activating group) is 1. The van der Waals surface area contributed by atoms with Gasteiger partial charge in [0.1, 0.15) is 17.8 Å². The molecule has 26 heavy (non-hydrogen) atoms. The number of carbonyl (C=O) groups is 4. The first-order valence-electron chi connectivity index (χ1n) is 8.13. The Labute approximate surface area is 151 Å². The van der Waals surface area contributed by atoms with Crippen LogP contribution in [0.3, 0.4) is 0 Å². The van der Waals surface area contributed by atoms with Crippen LogP contribution in [0.5, 0.6) is 5.75 Å². The van der Waals surface area contributed by atoms with Gasteiger partial charge in [-0.15, -0.1) is 0 Å². The Kier molecular flexibility index (Phi) is 5.81. The highest BCUT2D eigenvalue weighted by molar-refractivity contribution is 6.09. The molecule has 1 aliphatic rings. The molecule has 1 heterocycles. The van der Waals surface area contributed by atoms with E-state index in [1.165, 1.54) is 7.11 Å². The summed E-state index contributed by atoms with van der Waals surface area (Å²) in [6, 6.07) is 6.10. The summed E-state index contributed by atoms with van der Waals surface area (Å²) in [6.45, 7) is 3.08. The molecule has 1 atom stereocenters. The van der Waals surface area contributed by atoms with Gasteiger partial charge in [-0.05, 0) is 31.5 Å². The molecular weight excluding hydrogens is 340 g/mol. The van der Waals surface area contributed by atoms with E-state index in [4.69, 9.17) is 4.74 Å². The van der Waals surface area contributed by atoms with E-state index in [2.05, 4.69) is 16.0 Å². The maximum absolute atomic E-state index is 12.8. The van der Waals surface area contributed by atoms with E-state index in [1.54, 1.807) is 38.1 Å². The minimum Gasteiger partial charge on any atom is -0.497 e. The van der Waals surface area contributed by atoms with Crippen molar-refractivity contribution in [3.8, 4) is 5.75 Å².